The van der Waals surface area contributed by atoms with Gasteiger partial charge in [0.2, 0.25) is 5.91 Å². The molecule has 0 bridgehead atoms. The fourth-order valence-electron chi connectivity index (χ4n) is 4.09. The second-order valence-corrected chi connectivity index (χ2v) is 7.99. The van der Waals surface area contributed by atoms with Crippen LogP contribution >= 0.6 is 12.4 Å². The number of rotatable bonds is 4. The molecule has 1 heterocycles. The molecule has 0 aromatic carbocycles. The van der Waals surface area contributed by atoms with Crippen molar-refractivity contribution in [2.75, 3.05) is 13.1 Å². The van der Waals surface area contributed by atoms with Crippen molar-refractivity contribution in [3.63, 3.8) is 0 Å². The number of hydrogen-bond donors (Lipinski definition) is 1. The quantitative estimate of drug-likeness (QED) is 0.847. The number of carbonyl (C=O) groups is 1. The van der Waals surface area contributed by atoms with Gasteiger partial charge in [-0.1, -0.05) is 52.9 Å². The Morgan fingerprint density at radius 3 is 2.41 bits per heavy atom. The molecule has 4 heteroatoms. The van der Waals surface area contributed by atoms with Crippen LogP contribution in [0.15, 0.2) is 0 Å². The van der Waals surface area contributed by atoms with Crippen molar-refractivity contribution in [3.05, 3.63) is 0 Å². The summed E-state index contributed by atoms with van der Waals surface area (Å²) in [5.41, 5.74) is 6.25. The first-order chi connectivity index (χ1) is 9.94. The predicted molar refractivity (Wildman–Crippen MR) is 95.2 cm³/mol. The molecule has 1 aliphatic carbocycles. The van der Waals surface area contributed by atoms with E-state index in [2.05, 4.69) is 25.7 Å². The number of nitrogens with zero attached hydrogens (tertiary/aromatic N) is 1. The molecule has 1 amide bonds. The van der Waals surface area contributed by atoms with Crippen LogP contribution in [0.1, 0.15) is 72.1 Å². The minimum absolute atomic E-state index is 0. The molecule has 1 aliphatic heterocycles. The highest BCUT2D eigenvalue weighted by Crippen LogP contribution is 2.33. The summed E-state index contributed by atoms with van der Waals surface area (Å²) in [7, 11) is 0. The van der Waals surface area contributed by atoms with E-state index in [0.29, 0.717) is 5.91 Å². The van der Waals surface area contributed by atoms with E-state index in [4.69, 9.17) is 5.73 Å². The van der Waals surface area contributed by atoms with Crippen molar-refractivity contribution in [1.82, 2.24) is 4.90 Å². The van der Waals surface area contributed by atoms with Crippen LogP contribution < -0.4 is 5.73 Å². The summed E-state index contributed by atoms with van der Waals surface area (Å²) in [5, 5.41) is 0. The Morgan fingerprint density at radius 1 is 1.23 bits per heavy atom. The Bertz CT molecular complexity index is 353. The molecule has 22 heavy (non-hydrogen) atoms. The second kappa shape index (κ2) is 8.54. The van der Waals surface area contributed by atoms with Crippen LogP contribution in [0, 0.1) is 17.3 Å². The molecular formula is C18H35ClN2O. The number of carbonyl (C=O) groups excluding carboxylic acids is 1. The first-order valence-electron chi connectivity index (χ1n) is 8.98. The molecule has 2 atom stereocenters. The zero-order valence-corrected chi connectivity index (χ0v) is 15.5. The monoisotopic (exact) mass is 330 g/mol. The Morgan fingerprint density at radius 2 is 1.86 bits per heavy atom. The highest BCUT2D eigenvalue weighted by atomic mass is 35.5. The number of likely N-dealkylation sites (tertiary alicyclic amines) is 1. The van der Waals surface area contributed by atoms with E-state index in [1.165, 1.54) is 32.1 Å². The minimum atomic E-state index is 0. The highest BCUT2D eigenvalue weighted by molar-refractivity contribution is 5.85. The molecule has 0 radical (unpaired) electrons. The Hall–Kier alpha value is -0.280. The summed E-state index contributed by atoms with van der Waals surface area (Å²) < 4.78 is 0. The van der Waals surface area contributed by atoms with Crippen LogP contribution in [0.4, 0.5) is 0 Å². The summed E-state index contributed by atoms with van der Waals surface area (Å²) in [4.78, 5) is 15.0. The number of hydrogen-bond acceptors (Lipinski definition) is 2. The maximum Gasteiger partial charge on any atom is 0.225 e. The Balaban J connectivity index is 0.00000242. The number of halogens is 1. The van der Waals surface area contributed by atoms with Gasteiger partial charge in [-0.3, -0.25) is 4.79 Å². The van der Waals surface area contributed by atoms with Gasteiger partial charge in [-0.2, -0.15) is 0 Å². The molecule has 2 aliphatic rings. The summed E-state index contributed by atoms with van der Waals surface area (Å²) in [6.45, 7) is 8.24. The van der Waals surface area contributed by atoms with Gasteiger partial charge in [-0.15, -0.1) is 12.4 Å². The van der Waals surface area contributed by atoms with Gasteiger partial charge in [0.05, 0.1) is 0 Å². The van der Waals surface area contributed by atoms with Crippen molar-refractivity contribution >= 4 is 18.3 Å². The van der Waals surface area contributed by atoms with Gasteiger partial charge in [0, 0.05) is 25.0 Å². The van der Waals surface area contributed by atoms with Crippen molar-refractivity contribution < 1.29 is 4.79 Å². The van der Waals surface area contributed by atoms with Crippen molar-refractivity contribution in [2.24, 2.45) is 23.0 Å². The van der Waals surface area contributed by atoms with E-state index in [1.54, 1.807) is 0 Å². The maximum absolute atomic E-state index is 12.9. The standard InChI is InChI=1S/C18H34N2O.ClH/c1-4-15(12-14-8-6-5-7-9-14)17(21)20-11-10-16(19)18(2,3)13-20;/h14-16H,4-13,19H2,1-3H3;1H. The summed E-state index contributed by atoms with van der Waals surface area (Å²) >= 11 is 0. The molecular weight excluding hydrogens is 296 g/mol. The lowest BCUT2D eigenvalue weighted by Crippen LogP contribution is -2.55. The average molecular weight is 331 g/mol. The third-order valence-corrected chi connectivity index (χ3v) is 5.81. The third kappa shape index (κ3) is 4.86. The topological polar surface area (TPSA) is 46.3 Å². The minimum Gasteiger partial charge on any atom is -0.342 e. The average Bonchev–Trinajstić information content (AvgIpc) is 2.48. The lowest BCUT2D eigenvalue weighted by molar-refractivity contribution is -0.139. The highest BCUT2D eigenvalue weighted by Gasteiger charge is 2.37. The first-order valence-corrected chi connectivity index (χ1v) is 8.98. The number of nitrogens with two attached hydrogens (primary N) is 1. The molecule has 2 fully saturated rings. The van der Waals surface area contributed by atoms with Crippen LogP contribution in [0.5, 0.6) is 0 Å². The van der Waals surface area contributed by atoms with Crippen molar-refractivity contribution in [3.8, 4) is 0 Å². The van der Waals surface area contributed by atoms with E-state index in [0.717, 1.165) is 38.3 Å². The van der Waals surface area contributed by atoms with Gasteiger partial charge in [0.1, 0.15) is 0 Å². The molecule has 0 aromatic rings. The van der Waals surface area contributed by atoms with Gasteiger partial charge in [0.25, 0.3) is 0 Å². The van der Waals surface area contributed by atoms with Gasteiger partial charge in [0.15, 0.2) is 0 Å². The summed E-state index contributed by atoms with van der Waals surface area (Å²) in [6, 6.07) is 0.222. The van der Waals surface area contributed by atoms with E-state index in [9.17, 15) is 4.79 Å². The molecule has 130 valence electrons. The SMILES string of the molecule is CCC(CC1CCCCC1)C(=O)N1CCC(N)C(C)(C)C1.Cl. The largest absolute Gasteiger partial charge is 0.342 e. The molecule has 2 N–H and O–H groups in total. The fourth-order valence-corrected chi connectivity index (χ4v) is 4.09. The van der Waals surface area contributed by atoms with E-state index >= 15 is 0 Å². The molecule has 3 nitrogen and oxygen atoms in total. The van der Waals surface area contributed by atoms with Gasteiger partial charge < -0.3 is 10.6 Å². The third-order valence-electron chi connectivity index (χ3n) is 5.81. The summed E-state index contributed by atoms with van der Waals surface area (Å²) in [6.07, 6.45) is 9.82. The fraction of sp³-hybridized carbons (Fsp3) is 0.944. The Kier molecular flexibility index (Phi) is 7.67. The number of piperidine rings is 1. The smallest absolute Gasteiger partial charge is 0.225 e. The summed E-state index contributed by atoms with van der Waals surface area (Å²) in [5.74, 6) is 1.41. The lowest BCUT2D eigenvalue weighted by atomic mass is 9.78. The normalized spacial score (nSPS) is 27.1. The Labute approximate surface area is 142 Å². The molecule has 2 rings (SSSR count). The molecule has 1 saturated carbocycles. The first kappa shape index (κ1) is 19.8. The van der Waals surface area contributed by atoms with Crippen LogP contribution in [-0.4, -0.2) is 29.9 Å². The van der Waals surface area contributed by atoms with Crippen LogP contribution in [0.25, 0.3) is 0 Å². The molecule has 0 spiro atoms. The van der Waals surface area contributed by atoms with Crippen LogP contribution in [0.3, 0.4) is 0 Å². The molecule has 1 saturated heterocycles. The van der Waals surface area contributed by atoms with Crippen LogP contribution in [-0.2, 0) is 4.79 Å². The predicted octanol–water partition coefficient (Wildman–Crippen LogP) is 3.99. The zero-order valence-electron chi connectivity index (χ0n) is 14.6. The molecule has 2 unspecified atom stereocenters. The van der Waals surface area contributed by atoms with Crippen molar-refractivity contribution in [1.29, 1.82) is 0 Å². The molecule has 0 aromatic heterocycles. The van der Waals surface area contributed by atoms with Crippen molar-refractivity contribution in [2.45, 2.75) is 78.2 Å². The lowest BCUT2D eigenvalue weighted by Gasteiger charge is -2.43. The zero-order chi connectivity index (χ0) is 15.5. The maximum atomic E-state index is 12.9. The van der Waals surface area contributed by atoms with Gasteiger partial charge in [-0.25, -0.2) is 0 Å². The van der Waals surface area contributed by atoms with E-state index in [1.807, 2.05) is 0 Å². The van der Waals surface area contributed by atoms with Crippen LogP contribution in [0.2, 0.25) is 0 Å². The van der Waals surface area contributed by atoms with Gasteiger partial charge >= 0.3 is 0 Å². The van der Waals surface area contributed by atoms with Gasteiger partial charge in [-0.05, 0) is 30.6 Å². The number of amides is 1. The van der Waals surface area contributed by atoms with E-state index in [-0.39, 0.29) is 29.8 Å². The van der Waals surface area contributed by atoms with E-state index < -0.39 is 0 Å². The second-order valence-electron chi connectivity index (χ2n) is 7.99.